The third-order valence-corrected chi connectivity index (χ3v) is 4.95. The van der Waals surface area contributed by atoms with E-state index < -0.39 is 23.6 Å². The monoisotopic (exact) mass is 480 g/mol. The molecule has 1 aromatic heterocycles. The Bertz CT molecular complexity index is 1060. The number of benzene rings is 1. The van der Waals surface area contributed by atoms with Crippen molar-refractivity contribution in [2.75, 3.05) is 18.4 Å². The molecule has 1 aliphatic rings. The van der Waals surface area contributed by atoms with Gasteiger partial charge in [0.05, 0.1) is 22.9 Å². The lowest BCUT2D eigenvalue weighted by molar-refractivity contribution is -0.151. The molecule has 0 atom stereocenters. The van der Waals surface area contributed by atoms with Crippen LogP contribution in [0.5, 0.6) is 5.88 Å². The molecule has 0 unspecified atom stereocenters. The molecule has 3 rings (SSSR count). The number of halogens is 2. The number of hydrogen-bond donors (Lipinski definition) is 3. The van der Waals surface area contributed by atoms with Gasteiger partial charge in [0.15, 0.2) is 5.84 Å². The van der Waals surface area contributed by atoms with Crippen LogP contribution >= 0.6 is 0 Å². The van der Waals surface area contributed by atoms with E-state index in [2.05, 4.69) is 20.4 Å². The lowest BCUT2D eigenvalue weighted by Gasteiger charge is -2.30. The van der Waals surface area contributed by atoms with Crippen LogP contribution in [0, 0.1) is 18.6 Å². The van der Waals surface area contributed by atoms with Crippen LogP contribution in [0.1, 0.15) is 37.8 Å². The van der Waals surface area contributed by atoms with E-state index in [9.17, 15) is 13.6 Å². The van der Waals surface area contributed by atoms with Crippen LogP contribution in [0.25, 0.3) is 0 Å². The van der Waals surface area contributed by atoms with E-state index in [1.54, 1.807) is 20.8 Å². The second-order valence-corrected chi connectivity index (χ2v) is 7.83. The highest BCUT2D eigenvalue weighted by Gasteiger charge is 2.25. The molecule has 4 N–H and O–H groups in total. The van der Waals surface area contributed by atoms with Crippen molar-refractivity contribution in [1.82, 2.24) is 15.0 Å². The summed E-state index contributed by atoms with van der Waals surface area (Å²) in [6.07, 6.45) is 1.15. The van der Waals surface area contributed by atoms with Gasteiger partial charge in [-0.25, -0.2) is 23.5 Å². The molecule has 0 saturated carbocycles. The largest absolute Gasteiger partial charge is 0.528 e. The van der Waals surface area contributed by atoms with Gasteiger partial charge < -0.3 is 30.6 Å². The zero-order valence-electron chi connectivity index (χ0n) is 18.9. The van der Waals surface area contributed by atoms with Crippen molar-refractivity contribution in [2.45, 2.75) is 45.8 Å². The van der Waals surface area contributed by atoms with E-state index in [0.717, 1.165) is 12.1 Å². The Kier molecular flexibility index (Phi) is 7.99. The van der Waals surface area contributed by atoms with E-state index in [0.29, 0.717) is 31.5 Å². The minimum absolute atomic E-state index is 0.196. The lowest BCUT2D eigenvalue weighted by Crippen LogP contribution is -2.40. The minimum atomic E-state index is -0.881. The fourth-order valence-electron chi connectivity index (χ4n) is 3.22. The fourth-order valence-corrected chi connectivity index (χ4v) is 3.22. The smallest absolute Gasteiger partial charge is 0.474 e. The van der Waals surface area contributed by atoms with E-state index >= 15 is 0 Å². The summed E-state index contributed by atoms with van der Waals surface area (Å²) in [6.45, 7) is 6.04. The highest BCUT2D eigenvalue weighted by atomic mass is 19.1. The second kappa shape index (κ2) is 10.9. The number of nitrogens with two attached hydrogens (primary N) is 1. The summed E-state index contributed by atoms with van der Waals surface area (Å²) >= 11 is 0. The first-order valence-corrected chi connectivity index (χ1v) is 10.5. The average Bonchev–Trinajstić information content (AvgIpc) is 2.78. The summed E-state index contributed by atoms with van der Waals surface area (Å²) in [5, 5.41) is 15.6. The molecule has 0 aliphatic carbocycles. The average molecular weight is 480 g/mol. The molecule has 1 fully saturated rings. The number of nitrogens with one attached hydrogen (secondary N) is 1. The number of carbonyl (C=O) groups is 1. The third-order valence-electron chi connectivity index (χ3n) is 4.95. The van der Waals surface area contributed by atoms with Crippen LogP contribution in [0.3, 0.4) is 0 Å². The van der Waals surface area contributed by atoms with Gasteiger partial charge in [-0.15, -0.1) is 5.06 Å². The standard InChI is InChI=1S/C21H26F2N6O5/c1-11(2)32-21(30)34-29-6-4-13(5-7-29)33-20-12(3)19(25-10-26-20)27-17-9-15(22)14(8-16(17)23)18(24)28-31/h8-11,13,31H,4-7H2,1-3H3,(H2,24,28)(H,25,26,27). The molecule has 34 heavy (non-hydrogen) atoms. The topological polar surface area (TPSA) is 144 Å². The number of carbonyl (C=O) groups excluding carboxylic acids is 1. The summed E-state index contributed by atoms with van der Waals surface area (Å²) in [4.78, 5) is 25.0. The second-order valence-electron chi connectivity index (χ2n) is 7.83. The molecule has 1 aromatic carbocycles. The normalized spacial score (nSPS) is 15.3. The van der Waals surface area contributed by atoms with Gasteiger partial charge in [0.25, 0.3) is 0 Å². The van der Waals surface area contributed by atoms with Crippen LogP contribution in [0.2, 0.25) is 0 Å². The summed E-state index contributed by atoms with van der Waals surface area (Å²) in [6, 6.07) is 1.69. The van der Waals surface area contributed by atoms with Gasteiger partial charge in [0.2, 0.25) is 5.88 Å². The SMILES string of the molecule is Cc1c(Nc2cc(F)c(C(N)=NO)cc2F)ncnc1OC1CCN(OC(=O)OC(C)C)CC1. The van der Waals surface area contributed by atoms with Gasteiger partial charge in [-0.1, -0.05) is 5.16 Å². The van der Waals surface area contributed by atoms with E-state index in [-0.39, 0.29) is 35.2 Å². The van der Waals surface area contributed by atoms with Gasteiger partial charge in [-0.3, -0.25) is 0 Å². The Morgan fingerprint density at radius 1 is 1.26 bits per heavy atom. The minimum Gasteiger partial charge on any atom is -0.474 e. The third kappa shape index (κ3) is 6.19. The molecule has 0 amide bonds. The Hall–Kier alpha value is -3.74. The zero-order valence-corrected chi connectivity index (χ0v) is 18.9. The molecule has 11 nitrogen and oxygen atoms in total. The van der Waals surface area contributed by atoms with Gasteiger partial charge in [-0.2, -0.15) is 0 Å². The fraction of sp³-hybridized carbons (Fsp3) is 0.429. The molecular formula is C21H26F2N6O5. The maximum absolute atomic E-state index is 14.5. The lowest BCUT2D eigenvalue weighted by atomic mass is 10.1. The van der Waals surface area contributed by atoms with Crippen molar-refractivity contribution in [1.29, 1.82) is 0 Å². The van der Waals surface area contributed by atoms with Crippen molar-refractivity contribution in [3.63, 3.8) is 0 Å². The Morgan fingerprint density at radius 2 is 1.97 bits per heavy atom. The number of anilines is 2. The molecule has 13 heteroatoms. The van der Waals surface area contributed by atoms with Gasteiger partial charge in [-0.05, 0) is 26.8 Å². The van der Waals surface area contributed by atoms with Crippen molar-refractivity contribution in [2.24, 2.45) is 10.9 Å². The maximum Gasteiger partial charge on any atom is 0.528 e. The summed E-state index contributed by atoms with van der Waals surface area (Å²) in [7, 11) is 0. The highest BCUT2D eigenvalue weighted by Crippen LogP contribution is 2.28. The zero-order chi connectivity index (χ0) is 24.8. The van der Waals surface area contributed by atoms with Crippen molar-refractivity contribution in [3.8, 4) is 5.88 Å². The molecule has 0 radical (unpaired) electrons. The van der Waals surface area contributed by atoms with Crippen LogP contribution in [0.4, 0.5) is 25.1 Å². The van der Waals surface area contributed by atoms with Crippen LogP contribution in [0.15, 0.2) is 23.6 Å². The number of hydrogen-bond acceptors (Lipinski definition) is 10. The first kappa shape index (κ1) is 24.9. The Labute approximate surface area is 194 Å². The number of nitrogens with zero attached hydrogens (tertiary/aromatic N) is 4. The summed E-state index contributed by atoms with van der Waals surface area (Å²) < 4.78 is 39.7. The molecule has 0 bridgehead atoms. The first-order valence-electron chi connectivity index (χ1n) is 10.5. The predicted molar refractivity (Wildman–Crippen MR) is 117 cm³/mol. The van der Waals surface area contributed by atoms with Gasteiger partial charge >= 0.3 is 6.16 Å². The molecule has 1 aliphatic heterocycles. The first-order chi connectivity index (χ1) is 16.2. The number of aromatic nitrogens is 2. The number of piperidine rings is 1. The summed E-state index contributed by atoms with van der Waals surface area (Å²) in [5.41, 5.74) is 5.27. The number of ether oxygens (including phenoxy) is 2. The highest BCUT2D eigenvalue weighted by molar-refractivity contribution is 5.97. The number of rotatable bonds is 7. The van der Waals surface area contributed by atoms with Crippen LogP contribution < -0.4 is 15.8 Å². The number of hydroxylamine groups is 2. The van der Waals surface area contributed by atoms with Crippen LogP contribution in [-0.2, 0) is 9.57 Å². The van der Waals surface area contributed by atoms with Crippen molar-refractivity contribution >= 4 is 23.5 Å². The summed E-state index contributed by atoms with van der Waals surface area (Å²) in [5.74, 6) is -1.76. The molecule has 0 spiro atoms. The number of amidine groups is 1. The Morgan fingerprint density at radius 3 is 2.62 bits per heavy atom. The Balaban J connectivity index is 1.64. The van der Waals surface area contributed by atoms with Gasteiger partial charge in [0.1, 0.15) is 29.9 Å². The van der Waals surface area contributed by atoms with Crippen LogP contribution in [-0.4, -0.2) is 57.5 Å². The van der Waals surface area contributed by atoms with Gasteiger partial charge in [0, 0.05) is 32.0 Å². The van der Waals surface area contributed by atoms with E-state index in [1.165, 1.54) is 11.4 Å². The van der Waals surface area contributed by atoms with E-state index in [4.69, 9.17) is 25.3 Å². The van der Waals surface area contributed by atoms with Crippen molar-refractivity contribution < 1.29 is 33.1 Å². The number of oxime groups is 1. The predicted octanol–water partition coefficient (Wildman–Crippen LogP) is 3.22. The van der Waals surface area contributed by atoms with E-state index in [1.807, 2.05) is 0 Å². The maximum atomic E-state index is 14.5. The quantitative estimate of drug-likeness (QED) is 0.178. The molecule has 184 valence electrons. The molecule has 1 saturated heterocycles. The molecule has 2 heterocycles. The molecular weight excluding hydrogens is 454 g/mol. The molecule has 2 aromatic rings. The van der Waals surface area contributed by atoms with Crippen molar-refractivity contribution in [3.05, 3.63) is 41.2 Å².